The van der Waals surface area contributed by atoms with Crippen LogP contribution in [0.4, 0.5) is 11.5 Å². The Morgan fingerprint density at radius 2 is 1.95 bits per heavy atom. The highest BCUT2D eigenvalue weighted by Crippen LogP contribution is 2.16. The minimum Gasteiger partial charge on any atom is -0.399 e. The molecule has 21 heavy (non-hydrogen) atoms. The number of aromatic nitrogens is 5. The Labute approximate surface area is 122 Å². The predicted molar refractivity (Wildman–Crippen MR) is 80.8 cm³/mol. The standard InChI is InChI=1S/C14H17N7/c1-2-9-20(10-11-3-5-12(15)6-4-11)14-8-7-13-16-18-19-21(13)17-14/h3-8H,2,9-10,15H2,1H3. The van der Waals surface area contributed by atoms with Gasteiger partial charge in [0, 0.05) is 18.8 Å². The summed E-state index contributed by atoms with van der Waals surface area (Å²) in [7, 11) is 0. The Morgan fingerprint density at radius 1 is 1.14 bits per heavy atom. The number of hydrogen-bond acceptors (Lipinski definition) is 6. The van der Waals surface area contributed by atoms with E-state index in [1.165, 1.54) is 10.2 Å². The topological polar surface area (TPSA) is 85.2 Å². The molecule has 7 heteroatoms. The van der Waals surface area contributed by atoms with Crippen LogP contribution in [-0.4, -0.2) is 31.8 Å². The fraction of sp³-hybridized carbons (Fsp3) is 0.286. The molecule has 0 aliphatic carbocycles. The highest BCUT2D eigenvalue weighted by atomic mass is 15.6. The van der Waals surface area contributed by atoms with E-state index >= 15 is 0 Å². The van der Waals surface area contributed by atoms with Crippen molar-refractivity contribution in [2.24, 2.45) is 0 Å². The molecule has 0 aliphatic rings. The summed E-state index contributed by atoms with van der Waals surface area (Å²) in [5, 5.41) is 15.8. The molecule has 2 heterocycles. The molecule has 0 saturated heterocycles. The van der Waals surface area contributed by atoms with Crippen LogP contribution in [0.1, 0.15) is 18.9 Å². The number of anilines is 2. The quantitative estimate of drug-likeness (QED) is 0.714. The molecule has 108 valence electrons. The Bertz CT molecular complexity index is 720. The van der Waals surface area contributed by atoms with Gasteiger partial charge in [-0.25, -0.2) is 0 Å². The first-order valence-corrected chi connectivity index (χ1v) is 6.91. The molecule has 3 aromatic rings. The van der Waals surface area contributed by atoms with Crippen LogP contribution < -0.4 is 10.6 Å². The summed E-state index contributed by atoms with van der Waals surface area (Å²) in [5.41, 5.74) is 8.33. The molecule has 2 aromatic heterocycles. The van der Waals surface area contributed by atoms with E-state index in [-0.39, 0.29) is 0 Å². The molecule has 0 unspecified atom stereocenters. The Hall–Kier alpha value is -2.70. The normalized spacial score (nSPS) is 10.9. The zero-order valence-corrected chi connectivity index (χ0v) is 11.8. The van der Waals surface area contributed by atoms with Crippen molar-refractivity contribution in [2.45, 2.75) is 19.9 Å². The fourth-order valence-corrected chi connectivity index (χ4v) is 2.20. The van der Waals surface area contributed by atoms with Crippen molar-refractivity contribution in [3.63, 3.8) is 0 Å². The van der Waals surface area contributed by atoms with E-state index in [9.17, 15) is 0 Å². The zero-order chi connectivity index (χ0) is 14.7. The zero-order valence-electron chi connectivity index (χ0n) is 11.8. The Kier molecular flexibility index (Phi) is 3.63. The average Bonchev–Trinajstić information content (AvgIpc) is 2.96. The van der Waals surface area contributed by atoms with E-state index < -0.39 is 0 Å². The molecule has 0 atom stereocenters. The highest BCUT2D eigenvalue weighted by molar-refractivity contribution is 5.46. The van der Waals surface area contributed by atoms with Gasteiger partial charge < -0.3 is 10.6 Å². The monoisotopic (exact) mass is 283 g/mol. The number of tetrazole rings is 1. The first-order chi connectivity index (χ1) is 10.3. The summed E-state index contributed by atoms with van der Waals surface area (Å²) in [6.07, 6.45) is 1.03. The molecular formula is C14H17N7. The number of benzene rings is 1. The smallest absolute Gasteiger partial charge is 0.200 e. The van der Waals surface area contributed by atoms with Gasteiger partial charge >= 0.3 is 0 Å². The first-order valence-electron chi connectivity index (χ1n) is 6.91. The highest BCUT2D eigenvalue weighted by Gasteiger charge is 2.10. The predicted octanol–water partition coefficient (Wildman–Crippen LogP) is 1.52. The van der Waals surface area contributed by atoms with Gasteiger partial charge in [0.1, 0.15) is 0 Å². The second kappa shape index (κ2) is 5.74. The van der Waals surface area contributed by atoms with Gasteiger partial charge in [0.2, 0.25) is 0 Å². The van der Waals surface area contributed by atoms with Crippen molar-refractivity contribution < 1.29 is 0 Å². The molecule has 3 rings (SSSR count). The third kappa shape index (κ3) is 2.91. The lowest BCUT2D eigenvalue weighted by Crippen LogP contribution is -2.25. The number of rotatable bonds is 5. The molecule has 0 saturated carbocycles. The second-order valence-corrected chi connectivity index (χ2v) is 4.88. The molecule has 0 bridgehead atoms. The van der Waals surface area contributed by atoms with Gasteiger partial charge in [-0.2, -0.15) is 0 Å². The summed E-state index contributed by atoms with van der Waals surface area (Å²) in [6, 6.07) is 11.7. The summed E-state index contributed by atoms with van der Waals surface area (Å²) in [6.45, 7) is 3.82. The van der Waals surface area contributed by atoms with Gasteiger partial charge in [-0.1, -0.05) is 19.1 Å². The summed E-state index contributed by atoms with van der Waals surface area (Å²) < 4.78 is 1.45. The number of nitrogens with two attached hydrogens (primary N) is 1. The largest absolute Gasteiger partial charge is 0.399 e. The molecule has 7 nitrogen and oxygen atoms in total. The molecule has 0 radical (unpaired) electrons. The van der Waals surface area contributed by atoms with Crippen LogP contribution in [0.15, 0.2) is 36.4 Å². The van der Waals surface area contributed by atoms with E-state index in [2.05, 4.69) is 32.4 Å². The van der Waals surface area contributed by atoms with Crippen molar-refractivity contribution in [3.05, 3.63) is 42.0 Å². The molecule has 0 spiro atoms. The molecule has 2 N–H and O–H groups in total. The number of hydrogen-bond donors (Lipinski definition) is 1. The lowest BCUT2D eigenvalue weighted by Gasteiger charge is -2.23. The second-order valence-electron chi connectivity index (χ2n) is 4.88. The van der Waals surface area contributed by atoms with E-state index in [1.807, 2.05) is 36.4 Å². The maximum atomic E-state index is 5.73. The van der Waals surface area contributed by atoms with Gasteiger partial charge in [-0.15, -0.1) is 14.8 Å². The van der Waals surface area contributed by atoms with Crippen molar-refractivity contribution in [2.75, 3.05) is 17.2 Å². The molecule has 0 aliphatic heterocycles. The van der Waals surface area contributed by atoms with Crippen LogP contribution in [0.25, 0.3) is 5.65 Å². The lowest BCUT2D eigenvalue weighted by atomic mass is 10.2. The van der Waals surface area contributed by atoms with Crippen LogP contribution in [0, 0.1) is 0 Å². The summed E-state index contributed by atoms with van der Waals surface area (Å²) in [4.78, 5) is 2.20. The van der Waals surface area contributed by atoms with E-state index in [0.717, 1.165) is 31.0 Å². The van der Waals surface area contributed by atoms with Crippen molar-refractivity contribution >= 4 is 17.2 Å². The average molecular weight is 283 g/mol. The lowest BCUT2D eigenvalue weighted by molar-refractivity contribution is 0.694. The fourth-order valence-electron chi connectivity index (χ4n) is 2.20. The van der Waals surface area contributed by atoms with Crippen LogP contribution in [0.5, 0.6) is 0 Å². The minimum absolute atomic E-state index is 0.641. The number of fused-ring (bicyclic) bond motifs is 1. The van der Waals surface area contributed by atoms with Gasteiger partial charge in [0.15, 0.2) is 11.5 Å². The summed E-state index contributed by atoms with van der Waals surface area (Å²) in [5.74, 6) is 0.855. The van der Waals surface area contributed by atoms with Crippen LogP contribution >= 0.6 is 0 Å². The van der Waals surface area contributed by atoms with Crippen molar-refractivity contribution in [1.82, 2.24) is 25.3 Å². The molecule has 1 aromatic carbocycles. The molecule has 0 amide bonds. The maximum absolute atomic E-state index is 5.73. The molecular weight excluding hydrogens is 266 g/mol. The van der Waals surface area contributed by atoms with E-state index in [4.69, 9.17) is 5.73 Å². The van der Waals surface area contributed by atoms with E-state index in [0.29, 0.717) is 5.65 Å². The molecule has 0 fully saturated rings. The maximum Gasteiger partial charge on any atom is 0.200 e. The number of nitrogens with zero attached hydrogens (tertiary/aromatic N) is 6. The van der Waals surface area contributed by atoms with Gasteiger partial charge in [-0.3, -0.25) is 0 Å². The van der Waals surface area contributed by atoms with Crippen LogP contribution in [0.2, 0.25) is 0 Å². The SMILES string of the molecule is CCCN(Cc1ccc(N)cc1)c1ccc2nnnn2n1. The first kappa shape index (κ1) is 13.3. The van der Waals surface area contributed by atoms with Crippen molar-refractivity contribution in [3.8, 4) is 0 Å². The van der Waals surface area contributed by atoms with Gasteiger partial charge in [0.25, 0.3) is 0 Å². The Balaban J connectivity index is 1.87. The number of nitrogen functional groups attached to an aromatic ring is 1. The minimum atomic E-state index is 0.641. The van der Waals surface area contributed by atoms with Crippen molar-refractivity contribution in [1.29, 1.82) is 0 Å². The van der Waals surface area contributed by atoms with E-state index in [1.54, 1.807) is 0 Å². The summed E-state index contributed by atoms with van der Waals surface area (Å²) >= 11 is 0. The van der Waals surface area contributed by atoms with Crippen LogP contribution in [-0.2, 0) is 6.54 Å². The third-order valence-corrected chi connectivity index (χ3v) is 3.23. The Morgan fingerprint density at radius 3 is 2.71 bits per heavy atom. The van der Waals surface area contributed by atoms with Crippen LogP contribution in [0.3, 0.4) is 0 Å². The third-order valence-electron chi connectivity index (χ3n) is 3.23. The van der Waals surface area contributed by atoms with Gasteiger partial charge in [0.05, 0.1) is 0 Å². The van der Waals surface area contributed by atoms with Gasteiger partial charge in [-0.05, 0) is 46.7 Å².